The summed E-state index contributed by atoms with van der Waals surface area (Å²) in [6.45, 7) is 0. The molecule has 1 aromatic rings. The van der Waals surface area contributed by atoms with E-state index in [1.807, 2.05) is 0 Å². The van der Waals surface area contributed by atoms with Gasteiger partial charge >= 0.3 is 0 Å². The monoisotopic (exact) mass is 265 g/mol. The number of rotatable bonds is 2. The highest BCUT2D eigenvalue weighted by Gasteiger charge is 2.19. The van der Waals surface area contributed by atoms with Gasteiger partial charge in [0.05, 0.1) is 17.3 Å². The molecule has 18 heavy (non-hydrogen) atoms. The van der Waals surface area contributed by atoms with Gasteiger partial charge in [-0.1, -0.05) is 18.2 Å². The lowest BCUT2D eigenvalue weighted by molar-refractivity contribution is 0.346. The van der Waals surface area contributed by atoms with E-state index in [2.05, 4.69) is 0 Å². The Morgan fingerprint density at radius 3 is 1.94 bits per heavy atom. The van der Waals surface area contributed by atoms with E-state index in [0.29, 0.717) is 0 Å². The number of hydrogen-bond donors (Lipinski definition) is 0. The minimum absolute atomic E-state index is 0.187. The Hall–Kier alpha value is -2.21. The van der Waals surface area contributed by atoms with Crippen molar-refractivity contribution in [3.05, 3.63) is 67.8 Å². The van der Waals surface area contributed by atoms with Crippen LogP contribution in [0.1, 0.15) is 0 Å². The molecule has 2 rings (SSSR count). The molecule has 0 bridgehead atoms. The molecule has 1 aromatic carbocycles. The summed E-state index contributed by atoms with van der Waals surface area (Å²) < 4.78 is 35.3. The summed E-state index contributed by atoms with van der Waals surface area (Å²) in [6, 6.07) is 8.10. The fourth-order valence-electron chi connectivity index (χ4n) is 1.27. The molecule has 1 heterocycles. The number of nitrogens with zero attached hydrogens (tertiary/aromatic N) is 1. The lowest BCUT2D eigenvalue weighted by atomic mass is 10.4. The molecule has 0 fully saturated rings. The van der Waals surface area contributed by atoms with Crippen molar-refractivity contribution in [1.82, 2.24) is 4.31 Å². The molecule has 0 amide bonds. The average Bonchev–Trinajstić information content (AvgIpc) is 2.53. The Morgan fingerprint density at radius 1 is 0.833 bits per heavy atom. The van der Waals surface area contributed by atoms with Crippen LogP contribution in [0.5, 0.6) is 0 Å². The molecule has 0 N–H and O–H groups in total. The molecule has 0 saturated carbocycles. The van der Waals surface area contributed by atoms with Crippen LogP contribution in [0, 0.1) is 0 Å². The van der Waals surface area contributed by atoms with E-state index in [1.54, 1.807) is 18.2 Å². The summed E-state index contributed by atoms with van der Waals surface area (Å²) in [6.07, 6.45) is 7.65. The van der Waals surface area contributed by atoms with Gasteiger partial charge in [-0.05, 0) is 12.1 Å². The van der Waals surface area contributed by atoms with Gasteiger partial charge in [0.25, 0.3) is 10.0 Å². The third kappa shape index (κ3) is 2.72. The minimum atomic E-state index is -3.65. The second-order valence-electron chi connectivity index (χ2n) is 3.26. The van der Waals surface area contributed by atoms with E-state index < -0.39 is 10.0 Å². The first kappa shape index (κ1) is 12.3. The lowest BCUT2D eigenvalue weighted by Crippen LogP contribution is -2.20. The second-order valence-corrected chi connectivity index (χ2v) is 5.11. The Bertz CT molecular complexity index is 557. The van der Waals surface area contributed by atoms with Crippen LogP contribution in [-0.4, -0.2) is 12.7 Å². The molecule has 0 saturated heterocycles. The normalized spacial score (nSPS) is 20.6. The molecule has 0 aliphatic carbocycles. The zero-order chi connectivity index (χ0) is 12.8. The van der Waals surface area contributed by atoms with Gasteiger partial charge in [0.1, 0.15) is 25.0 Å². The maximum atomic E-state index is 12.3. The van der Waals surface area contributed by atoms with Crippen LogP contribution in [0.3, 0.4) is 0 Å². The number of ether oxygens (including phenoxy) is 2. The predicted octanol–water partition coefficient (Wildman–Crippen LogP) is 2.14. The Balaban J connectivity index is 2.34. The van der Waals surface area contributed by atoms with E-state index in [4.69, 9.17) is 9.47 Å². The molecule has 6 heteroatoms. The Kier molecular flexibility index (Phi) is 3.69. The van der Waals surface area contributed by atoms with Crippen LogP contribution in [0.4, 0.5) is 0 Å². The first-order chi connectivity index (χ1) is 8.71. The van der Waals surface area contributed by atoms with E-state index in [0.717, 1.165) is 4.31 Å². The molecular formula is C12H11NO4S. The molecule has 0 atom stereocenters. The first-order valence-electron chi connectivity index (χ1n) is 5.09. The van der Waals surface area contributed by atoms with Gasteiger partial charge in [0.15, 0.2) is 0 Å². The van der Waals surface area contributed by atoms with Gasteiger partial charge in [0, 0.05) is 0 Å². The highest BCUT2D eigenvalue weighted by Crippen LogP contribution is 2.16. The van der Waals surface area contributed by atoms with E-state index in [9.17, 15) is 8.42 Å². The highest BCUT2D eigenvalue weighted by molar-refractivity contribution is 7.89. The summed E-state index contributed by atoms with van der Waals surface area (Å²) in [7, 11) is -3.65. The smallest absolute Gasteiger partial charge is 0.267 e. The molecule has 0 radical (unpaired) electrons. The zero-order valence-electron chi connectivity index (χ0n) is 9.34. The van der Waals surface area contributed by atoms with Crippen LogP contribution >= 0.6 is 0 Å². The summed E-state index contributed by atoms with van der Waals surface area (Å²) in [5.74, 6) is 0. The topological polar surface area (TPSA) is 55.8 Å². The second kappa shape index (κ2) is 5.42. The molecule has 0 aromatic heterocycles. The molecular weight excluding hydrogens is 254 g/mol. The summed E-state index contributed by atoms with van der Waals surface area (Å²) in [5, 5.41) is 0. The van der Waals surface area contributed by atoms with Gasteiger partial charge in [0.2, 0.25) is 0 Å². The van der Waals surface area contributed by atoms with Gasteiger partial charge in [-0.25, -0.2) is 12.7 Å². The summed E-state index contributed by atoms with van der Waals surface area (Å²) >= 11 is 0. The molecule has 0 unspecified atom stereocenters. The van der Waals surface area contributed by atoms with Crippen LogP contribution in [-0.2, 0) is 19.5 Å². The van der Waals surface area contributed by atoms with Crippen LogP contribution in [0.25, 0.3) is 0 Å². The summed E-state index contributed by atoms with van der Waals surface area (Å²) in [4.78, 5) is 0.187. The quantitative estimate of drug-likeness (QED) is 0.822. The van der Waals surface area contributed by atoms with Gasteiger partial charge < -0.3 is 9.47 Å². The van der Waals surface area contributed by atoms with Crippen molar-refractivity contribution in [3.8, 4) is 0 Å². The van der Waals surface area contributed by atoms with Crippen molar-refractivity contribution in [2.24, 2.45) is 0 Å². The highest BCUT2D eigenvalue weighted by atomic mass is 32.2. The standard InChI is InChI=1S/C12H11NO4S/c14-18(15,12-4-2-1-3-5-12)13-6-8-16-10-11-17-9-7-13/h1-11H/b8-6-,9-7+,11-10-. The maximum absolute atomic E-state index is 12.3. The van der Waals surface area contributed by atoms with Crippen LogP contribution in [0.2, 0.25) is 0 Å². The van der Waals surface area contributed by atoms with Crippen molar-refractivity contribution in [3.63, 3.8) is 0 Å². The van der Waals surface area contributed by atoms with E-state index in [1.165, 1.54) is 49.6 Å². The molecule has 94 valence electrons. The van der Waals surface area contributed by atoms with E-state index in [-0.39, 0.29) is 4.90 Å². The summed E-state index contributed by atoms with van der Waals surface area (Å²) in [5.41, 5.74) is 0. The number of sulfonamides is 1. The molecule has 0 spiro atoms. The van der Waals surface area contributed by atoms with E-state index >= 15 is 0 Å². The molecule has 1 aliphatic heterocycles. The zero-order valence-corrected chi connectivity index (χ0v) is 10.2. The predicted molar refractivity (Wildman–Crippen MR) is 65.1 cm³/mol. The first-order valence-corrected chi connectivity index (χ1v) is 6.53. The van der Waals surface area contributed by atoms with Crippen molar-refractivity contribution in [1.29, 1.82) is 0 Å². The third-order valence-electron chi connectivity index (χ3n) is 2.10. The van der Waals surface area contributed by atoms with Gasteiger partial charge in [-0.15, -0.1) is 0 Å². The average molecular weight is 265 g/mol. The lowest BCUT2D eigenvalue weighted by Gasteiger charge is -2.15. The Labute approximate surface area is 105 Å². The van der Waals surface area contributed by atoms with Crippen molar-refractivity contribution in [2.45, 2.75) is 4.90 Å². The largest absolute Gasteiger partial charge is 0.468 e. The maximum Gasteiger partial charge on any atom is 0.267 e. The van der Waals surface area contributed by atoms with Crippen molar-refractivity contribution < 1.29 is 17.9 Å². The van der Waals surface area contributed by atoms with Crippen molar-refractivity contribution >= 4 is 10.0 Å². The third-order valence-corrected chi connectivity index (χ3v) is 3.77. The number of hydrogen-bond acceptors (Lipinski definition) is 4. The molecule has 5 nitrogen and oxygen atoms in total. The molecule has 1 aliphatic rings. The Morgan fingerprint density at radius 2 is 1.39 bits per heavy atom. The van der Waals surface area contributed by atoms with Crippen LogP contribution < -0.4 is 0 Å². The SMILES string of the molecule is O=S(=O)(c1ccccc1)N1/C=C\O/C=C\O/C=C/1. The fourth-order valence-corrected chi connectivity index (χ4v) is 2.43. The fraction of sp³-hybridized carbons (Fsp3) is 0. The van der Waals surface area contributed by atoms with Crippen LogP contribution in [0.15, 0.2) is 72.7 Å². The van der Waals surface area contributed by atoms with Crippen molar-refractivity contribution in [2.75, 3.05) is 0 Å². The minimum Gasteiger partial charge on any atom is -0.468 e. The van der Waals surface area contributed by atoms with Gasteiger partial charge in [-0.3, -0.25) is 0 Å². The number of benzene rings is 1. The van der Waals surface area contributed by atoms with Gasteiger partial charge in [-0.2, -0.15) is 0 Å².